The Morgan fingerprint density at radius 3 is 0.907 bits per heavy atom. The lowest BCUT2D eigenvalue weighted by atomic mass is 10.0. The quantitative estimate of drug-likeness (QED) is 0.0888. The molecule has 0 fully saturated rings. The molecular formula is C39H75N3O. The van der Waals surface area contributed by atoms with E-state index in [1.165, 1.54) is 134 Å². The van der Waals surface area contributed by atoms with Crippen LogP contribution in [-0.4, -0.2) is 59.1 Å². The molecule has 1 N–H and O–H groups in total. The first kappa shape index (κ1) is 39.9. The molecule has 0 atom stereocenters. The highest BCUT2D eigenvalue weighted by molar-refractivity contribution is 5.44. The molecule has 43 heavy (non-hydrogen) atoms. The van der Waals surface area contributed by atoms with Gasteiger partial charge >= 0.3 is 0 Å². The van der Waals surface area contributed by atoms with E-state index in [1.807, 2.05) is 0 Å². The molecule has 0 aliphatic rings. The third-order valence-corrected chi connectivity index (χ3v) is 8.99. The summed E-state index contributed by atoms with van der Waals surface area (Å²) in [6, 6.07) is 4.74. The van der Waals surface area contributed by atoms with Crippen molar-refractivity contribution in [2.24, 2.45) is 0 Å². The molecule has 252 valence electrons. The van der Waals surface area contributed by atoms with Crippen LogP contribution in [0, 0.1) is 0 Å². The van der Waals surface area contributed by atoms with E-state index in [0.717, 1.165) is 56.9 Å². The number of rotatable bonds is 30. The predicted molar refractivity (Wildman–Crippen MR) is 191 cm³/mol. The van der Waals surface area contributed by atoms with Crippen LogP contribution in [0.15, 0.2) is 12.1 Å². The number of unbranched alkanes of at least 4 members (excludes halogenated alkanes) is 12. The van der Waals surface area contributed by atoms with E-state index in [9.17, 15) is 5.11 Å². The highest BCUT2D eigenvalue weighted by Crippen LogP contribution is 2.29. The SMILES string of the molecule is CCCCCN(CCCCC)Cc1cc(CN(CCCCC)CCCCC)c(O)c(CN(CCCCC)CCCCC)c1. The third kappa shape index (κ3) is 19.1. The minimum atomic E-state index is 0.569. The first-order valence-corrected chi connectivity index (χ1v) is 19.0. The van der Waals surface area contributed by atoms with Gasteiger partial charge in [-0.25, -0.2) is 0 Å². The Morgan fingerprint density at radius 1 is 0.395 bits per heavy atom. The van der Waals surface area contributed by atoms with E-state index in [0.29, 0.717) is 5.75 Å². The van der Waals surface area contributed by atoms with E-state index >= 15 is 0 Å². The van der Waals surface area contributed by atoms with E-state index in [2.05, 4.69) is 68.4 Å². The van der Waals surface area contributed by atoms with Gasteiger partial charge in [0, 0.05) is 30.8 Å². The Labute approximate surface area is 270 Å². The van der Waals surface area contributed by atoms with Gasteiger partial charge in [0.1, 0.15) is 5.75 Å². The summed E-state index contributed by atoms with van der Waals surface area (Å²) < 4.78 is 0. The molecule has 0 heterocycles. The van der Waals surface area contributed by atoms with Crippen molar-refractivity contribution in [3.05, 3.63) is 28.8 Å². The van der Waals surface area contributed by atoms with Crippen molar-refractivity contribution < 1.29 is 5.11 Å². The summed E-state index contributed by atoms with van der Waals surface area (Å²) in [4.78, 5) is 7.97. The van der Waals surface area contributed by atoms with Crippen molar-refractivity contribution in [2.75, 3.05) is 39.3 Å². The number of nitrogens with zero attached hydrogens (tertiary/aromatic N) is 3. The van der Waals surface area contributed by atoms with E-state index in [4.69, 9.17) is 0 Å². The van der Waals surface area contributed by atoms with Crippen LogP contribution in [0.25, 0.3) is 0 Å². The van der Waals surface area contributed by atoms with Crippen LogP contribution < -0.4 is 0 Å². The van der Waals surface area contributed by atoms with Crippen LogP contribution in [0.4, 0.5) is 0 Å². The molecule has 0 aromatic heterocycles. The number of benzene rings is 1. The normalized spacial score (nSPS) is 11.9. The Balaban J connectivity index is 3.35. The lowest BCUT2D eigenvalue weighted by Crippen LogP contribution is -2.28. The number of hydrogen-bond acceptors (Lipinski definition) is 4. The zero-order chi connectivity index (χ0) is 31.5. The fourth-order valence-corrected chi connectivity index (χ4v) is 6.23. The lowest BCUT2D eigenvalue weighted by molar-refractivity contribution is 0.241. The Bertz CT molecular complexity index is 690. The summed E-state index contributed by atoms with van der Waals surface area (Å²) in [6.45, 7) is 23.4. The molecule has 0 unspecified atom stereocenters. The zero-order valence-corrected chi connectivity index (χ0v) is 30.0. The number of hydrogen-bond donors (Lipinski definition) is 1. The molecule has 1 aromatic carbocycles. The van der Waals surface area contributed by atoms with Crippen LogP contribution in [0.1, 0.15) is 174 Å². The lowest BCUT2D eigenvalue weighted by Gasteiger charge is -2.28. The van der Waals surface area contributed by atoms with Crippen LogP contribution in [0.3, 0.4) is 0 Å². The smallest absolute Gasteiger partial charge is 0.124 e. The number of phenolic OH excluding ortho intramolecular Hbond substituents is 1. The van der Waals surface area contributed by atoms with Crippen molar-refractivity contribution in [1.82, 2.24) is 14.7 Å². The Hall–Kier alpha value is -1.10. The highest BCUT2D eigenvalue weighted by atomic mass is 16.3. The monoisotopic (exact) mass is 602 g/mol. The first-order valence-electron chi connectivity index (χ1n) is 19.0. The van der Waals surface area contributed by atoms with Gasteiger partial charge in [-0.2, -0.15) is 0 Å². The summed E-state index contributed by atoms with van der Waals surface area (Å²) in [6.07, 6.45) is 22.9. The topological polar surface area (TPSA) is 30.0 Å². The van der Waals surface area contributed by atoms with Crippen LogP contribution in [-0.2, 0) is 19.6 Å². The largest absolute Gasteiger partial charge is 0.507 e. The molecule has 0 amide bonds. The standard InChI is InChI=1S/C39H75N3O/c1-7-13-19-25-40(26-20-14-8-2)33-36-31-37(34-41(27-21-15-9-3)28-22-16-10-4)39(43)38(32-36)35-42(29-23-17-11-5)30-24-18-12-6/h31-32,43H,7-30,33-35H2,1-6H3. The average molecular weight is 602 g/mol. The molecule has 0 aliphatic carbocycles. The highest BCUT2D eigenvalue weighted by Gasteiger charge is 2.18. The first-order chi connectivity index (χ1) is 21.0. The molecule has 4 heteroatoms. The van der Waals surface area contributed by atoms with Gasteiger partial charge in [-0.3, -0.25) is 14.7 Å². The van der Waals surface area contributed by atoms with E-state index < -0.39 is 0 Å². The van der Waals surface area contributed by atoms with Gasteiger partial charge in [0.2, 0.25) is 0 Å². The second kappa shape index (κ2) is 27.2. The molecule has 0 saturated carbocycles. The van der Waals surface area contributed by atoms with Gasteiger partial charge in [-0.05, 0) is 95.5 Å². The summed E-state index contributed by atoms with van der Waals surface area (Å²) in [5.41, 5.74) is 3.72. The fourth-order valence-electron chi connectivity index (χ4n) is 6.23. The molecular weight excluding hydrogens is 526 g/mol. The predicted octanol–water partition coefficient (Wildman–Crippen LogP) is 10.9. The maximum atomic E-state index is 11.8. The minimum absolute atomic E-state index is 0.569. The van der Waals surface area contributed by atoms with Crippen molar-refractivity contribution >= 4 is 0 Å². The molecule has 1 rings (SSSR count). The molecule has 0 bridgehead atoms. The van der Waals surface area contributed by atoms with Gasteiger partial charge in [0.25, 0.3) is 0 Å². The van der Waals surface area contributed by atoms with Crippen molar-refractivity contribution in [1.29, 1.82) is 0 Å². The van der Waals surface area contributed by atoms with Gasteiger partial charge in [-0.1, -0.05) is 119 Å². The van der Waals surface area contributed by atoms with Crippen molar-refractivity contribution in [2.45, 2.75) is 177 Å². The molecule has 0 spiro atoms. The molecule has 0 aliphatic heterocycles. The second-order valence-corrected chi connectivity index (χ2v) is 13.3. The summed E-state index contributed by atoms with van der Waals surface area (Å²) in [7, 11) is 0. The van der Waals surface area contributed by atoms with E-state index in [-0.39, 0.29) is 0 Å². The number of aromatic hydroxyl groups is 1. The summed E-state index contributed by atoms with van der Waals surface area (Å²) in [5, 5.41) is 11.8. The van der Waals surface area contributed by atoms with Gasteiger partial charge in [0.05, 0.1) is 0 Å². The van der Waals surface area contributed by atoms with Crippen molar-refractivity contribution in [3.8, 4) is 5.75 Å². The maximum absolute atomic E-state index is 11.8. The Kier molecular flexibility index (Phi) is 25.3. The third-order valence-electron chi connectivity index (χ3n) is 8.99. The molecule has 1 aromatic rings. The Morgan fingerprint density at radius 2 is 0.651 bits per heavy atom. The van der Waals surface area contributed by atoms with Gasteiger partial charge < -0.3 is 5.11 Å². The van der Waals surface area contributed by atoms with Crippen LogP contribution in [0.5, 0.6) is 5.75 Å². The maximum Gasteiger partial charge on any atom is 0.124 e. The van der Waals surface area contributed by atoms with Gasteiger partial charge in [-0.15, -0.1) is 0 Å². The van der Waals surface area contributed by atoms with Crippen LogP contribution >= 0.6 is 0 Å². The fraction of sp³-hybridized carbons (Fsp3) is 0.846. The zero-order valence-electron chi connectivity index (χ0n) is 30.0. The molecule has 0 radical (unpaired) electrons. The summed E-state index contributed by atoms with van der Waals surface area (Å²) in [5.74, 6) is 0.569. The van der Waals surface area contributed by atoms with Gasteiger partial charge in [0.15, 0.2) is 0 Å². The molecule has 0 saturated heterocycles. The minimum Gasteiger partial charge on any atom is -0.507 e. The number of phenols is 1. The van der Waals surface area contributed by atoms with Crippen molar-refractivity contribution in [3.63, 3.8) is 0 Å². The average Bonchev–Trinajstić information content (AvgIpc) is 2.99. The van der Waals surface area contributed by atoms with Crippen LogP contribution in [0.2, 0.25) is 0 Å². The summed E-state index contributed by atoms with van der Waals surface area (Å²) >= 11 is 0. The molecule has 4 nitrogen and oxygen atoms in total. The second-order valence-electron chi connectivity index (χ2n) is 13.3. The van der Waals surface area contributed by atoms with E-state index in [1.54, 1.807) is 0 Å².